The Kier molecular flexibility index (Phi) is 2.04. The molecule has 1 aliphatic heterocycles. The van der Waals surface area contributed by atoms with Crippen LogP contribution in [0.2, 0.25) is 0 Å². The van der Waals surface area contributed by atoms with Gasteiger partial charge in [0.15, 0.2) is 0 Å². The van der Waals surface area contributed by atoms with Crippen molar-refractivity contribution in [3.63, 3.8) is 0 Å². The quantitative estimate of drug-likeness (QED) is 0.747. The largest absolute Gasteiger partial charge is 0.320 e. The molecule has 0 radical (unpaired) electrons. The molecule has 3 rings (SSSR count). The molecule has 1 amide bonds. The van der Waals surface area contributed by atoms with Crippen molar-refractivity contribution in [2.75, 3.05) is 11.9 Å². The molecule has 1 atom stereocenters. The van der Waals surface area contributed by atoms with Gasteiger partial charge in [0.1, 0.15) is 5.82 Å². The van der Waals surface area contributed by atoms with Crippen molar-refractivity contribution in [1.29, 1.82) is 0 Å². The molecule has 0 aromatic carbocycles. The SMILES string of the molecule is CN1C(=O)[C@@H](N)CCn2nc(C3CC3)cc21. The first-order chi connectivity index (χ1) is 7.66. The molecule has 2 heterocycles. The summed E-state index contributed by atoms with van der Waals surface area (Å²) in [5, 5.41) is 4.56. The second kappa shape index (κ2) is 3.31. The van der Waals surface area contributed by atoms with E-state index in [1.54, 1.807) is 11.9 Å². The van der Waals surface area contributed by atoms with Gasteiger partial charge in [-0.3, -0.25) is 9.69 Å². The highest BCUT2D eigenvalue weighted by atomic mass is 16.2. The number of amides is 1. The van der Waals surface area contributed by atoms with E-state index in [1.165, 1.54) is 12.8 Å². The number of aromatic nitrogens is 2. The zero-order chi connectivity index (χ0) is 11.3. The van der Waals surface area contributed by atoms with Gasteiger partial charge in [-0.1, -0.05) is 0 Å². The number of hydrogen-bond donors (Lipinski definition) is 1. The molecule has 1 fully saturated rings. The summed E-state index contributed by atoms with van der Waals surface area (Å²) < 4.78 is 1.92. The maximum Gasteiger partial charge on any atom is 0.244 e. The minimum absolute atomic E-state index is 0.0130. The van der Waals surface area contributed by atoms with Crippen LogP contribution in [-0.4, -0.2) is 28.8 Å². The lowest BCUT2D eigenvalue weighted by molar-refractivity contribution is -0.119. The van der Waals surface area contributed by atoms with E-state index < -0.39 is 6.04 Å². The van der Waals surface area contributed by atoms with Gasteiger partial charge in [0.2, 0.25) is 5.91 Å². The Labute approximate surface area is 94.2 Å². The predicted octanol–water partition coefficient (Wildman–Crippen LogP) is 0.454. The van der Waals surface area contributed by atoms with E-state index in [9.17, 15) is 4.79 Å². The topological polar surface area (TPSA) is 64.2 Å². The Morgan fingerprint density at radius 1 is 1.44 bits per heavy atom. The van der Waals surface area contributed by atoms with Crippen molar-refractivity contribution in [3.05, 3.63) is 11.8 Å². The summed E-state index contributed by atoms with van der Waals surface area (Å²) >= 11 is 0. The third kappa shape index (κ3) is 1.43. The molecule has 0 bridgehead atoms. The lowest BCUT2D eigenvalue weighted by atomic mass is 10.2. The van der Waals surface area contributed by atoms with Crippen LogP contribution in [0.3, 0.4) is 0 Å². The summed E-state index contributed by atoms with van der Waals surface area (Å²) in [5.74, 6) is 1.50. The Hall–Kier alpha value is -1.36. The Morgan fingerprint density at radius 3 is 2.88 bits per heavy atom. The molecule has 2 N–H and O–H groups in total. The average molecular weight is 220 g/mol. The molecule has 2 aliphatic rings. The van der Waals surface area contributed by atoms with E-state index in [2.05, 4.69) is 5.10 Å². The second-order valence-corrected chi connectivity index (χ2v) is 4.72. The minimum Gasteiger partial charge on any atom is -0.320 e. The highest BCUT2D eigenvalue weighted by molar-refractivity contribution is 5.96. The summed E-state index contributed by atoms with van der Waals surface area (Å²) in [6, 6.07) is 1.64. The zero-order valence-corrected chi connectivity index (χ0v) is 9.39. The normalized spacial score (nSPS) is 25.5. The van der Waals surface area contributed by atoms with E-state index in [0.29, 0.717) is 12.3 Å². The minimum atomic E-state index is -0.393. The molecule has 5 heteroatoms. The maximum atomic E-state index is 11.9. The van der Waals surface area contributed by atoms with Gasteiger partial charge in [-0.15, -0.1) is 0 Å². The van der Waals surface area contributed by atoms with Crippen LogP contribution in [0.15, 0.2) is 6.07 Å². The standard InChI is InChI=1S/C11H16N4O/c1-14-10-6-9(7-2-3-7)13-15(10)5-4-8(12)11(14)16/h6-8H,2-5,12H2,1H3/t8-/m0/s1. The molecule has 1 saturated carbocycles. The molecule has 1 aromatic rings. The van der Waals surface area contributed by atoms with Gasteiger partial charge in [0, 0.05) is 25.6 Å². The van der Waals surface area contributed by atoms with E-state index in [0.717, 1.165) is 18.1 Å². The smallest absolute Gasteiger partial charge is 0.244 e. The van der Waals surface area contributed by atoms with Gasteiger partial charge >= 0.3 is 0 Å². The first kappa shape index (κ1) is 9.84. The van der Waals surface area contributed by atoms with Crippen molar-refractivity contribution >= 4 is 11.7 Å². The summed E-state index contributed by atoms with van der Waals surface area (Å²) in [7, 11) is 1.78. The summed E-state index contributed by atoms with van der Waals surface area (Å²) in [6.07, 6.45) is 3.13. The second-order valence-electron chi connectivity index (χ2n) is 4.72. The first-order valence-electron chi connectivity index (χ1n) is 5.77. The third-order valence-corrected chi connectivity index (χ3v) is 3.42. The van der Waals surface area contributed by atoms with Crippen LogP contribution < -0.4 is 10.6 Å². The Balaban J connectivity index is 1.98. The summed E-state index contributed by atoms with van der Waals surface area (Å²) in [6.45, 7) is 0.735. The molecule has 0 spiro atoms. The number of hydrogen-bond acceptors (Lipinski definition) is 3. The fourth-order valence-electron chi connectivity index (χ4n) is 2.19. The number of carbonyl (C=O) groups is 1. The van der Waals surface area contributed by atoms with Crippen molar-refractivity contribution in [2.45, 2.75) is 37.8 Å². The fourth-order valence-corrected chi connectivity index (χ4v) is 2.19. The number of nitrogens with two attached hydrogens (primary N) is 1. The van der Waals surface area contributed by atoms with Crippen LogP contribution in [0.1, 0.15) is 30.9 Å². The van der Waals surface area contributed by atoms with Gasteiger partial charge in [-0.2, -0.15) is 5.10 Å². The number of fused-ring (bicyclic) bond motifs is 1. The molecular weight excluding hydrogens is 204 g/mol. The van der Waals surface area contributed by atoms with Crippen LogP contribution in [0.25, 0.3) is 0 Å². The van der Waals surface area contributed by atoms with E-state index in [4.69, 9.17) is 5.73 Å². The lowest BCUT2D eigenvalue weighted by Gasteiger charge is -2.16. The number of likely N-dealkylation sites (N-methyl/N-ethyl adjacent to an activating group) is 1. The highest BCUT2D eigenvalue weighted by Crippen LogP contribution is 2.40. The fraction of sp³-hybridized carbons (Fsp3) is 0.636. The van der Waals surface area contributed by atoms with Gasteiger partial charge in [-0.05, 0) is 19.3 Å². The molecule has 86 valence electrons. The molecule has 5 nitrogen and oxygen atoms in total. The summed E-state index contributed by atoms with van der Waals surface area (Å²) in [4.78, 5) is 13.5. The van der Waals surface area contributed by atoms with Gasteiger partial charge in [0.25, 0.3) is 0 Å². The van der Waals surface area contributed by atoms with Crippen molar-refractivity contribution < 1.29 is 4.79 Å². The van der Waals surface area contributed by atoms with E-state index >= 15 is 0 Å². The van der Waals surface area contributed by atoms with Crippen LogP contribution in [0.4, 0.5) is 5.82 Å². The van der Waals surface area contributed by atoms with Crippen molar-refractivity contribution in [1.82, 2.24) is 9.78 Å². The van der Waals surface area contributed by atoms with Crippen molar-refractivity contribution in [2.24, 2.45) is 5.73 Å². The Bertz CT molecular complexity index is 435. The van der Waals surface area contributed by atoms with Gasteiger partial charge < -0.3 is 5.73 Å². The summed E-state index contributed by atoms with van der Waals surface area (Å²) in [5.41, 5.74) is 6.91. The van der Waals surface area contributed by atoms with E-state index in [1.807, 2.05) is 10.7 Å². The van der Waals surface area contributed by atoms with Gasteiger partial charge in [-0.25, -0.2) is 4.68 Å². The van der Waals surface area contributed by atoms with Gasteiger partial charge in [0.05, 0.1) is 11.7 Å². The predicted molar refractivity (Wildman–Crippen MR) is 60.2 cm³/mol. The van der Waals surface area contributed by atoms with Crippen LogP contribution in [0, 0.1) is 0 Å². The molecule has 16 heavy (non-hydrogen) atoms. The number of nitrogens with zero attached hydrogens (tertiary/aromatic N) is 3. The molecular formula is C11H16N4O. The monoisotopic (exact) mass is 220 g/mol. The number of aryl methyl sites for hydroxylation is 1. The van der Waals surface area contributed by atoms with E-state index in [-0.39, 0.29) is 5.91 Å². The van der Waals surface area contributed by atoms with Crippen LogP contribution >= 0.6 is 0 Å². The molecule has 1 aromatic heterocycles. The highest BCUT2D eigenvalue weighted by Gasteiger charge is 2.31. The zero-order valence-electron chi connectivity index (χ0n) is 9.39. The number of anilines is 1. The van der Waals surface area contributed by atoms with Crippen molar-refractivity contribution in [3.8, 4) is 0 Å². The lowest BCUT2D eigenvalue weighted by Crippen LogP contribution is -2.40. The number of rotatable bonds is 1. The Morgan fingerprint density at radius 2 is 2.19 bits per heavy atom. The molecule has 0 unspecified atom stereocenters. The average Bonchev–Trinajstić information content (AvgIpc) is 3.05. The maximum absolute atomic E-state index is 11.9. The van der Waals surface area contributed by atoms with Crippen LogP contribution in [0.5, 0.6) is 0 Å². The first-order valence-corrected chi connectivity index (χ1v) is 5.77. The van der Waals surface area contributed by atoms with Crippen LogP contribution in [-0.2, 0) is 11.3 Å². The number of carbonyl (C=O) groups excluding carboxylic acids is 1. The third-order valence-electron chi connectivity index (χ3n) is 3.42. The molecule has 0 saturated heterocycles. The molecule has 1 aliphatic carbocycles.